The van der Waals surface area contributed by atoms with Crippen LogP contribution in [-0.2, 0) is 6.54 Å². The number of rotatable bonds is 5. The number of amides is 1. The zero-order valence-electron chi connectivity index (χ0n) is 11.9. The van der Waals surface area contributed by atoms with E-state index < -0.39 is 0 Å². The zero-order valence-corrected chi connectivity index (χ0v) is 12.7. The molecule has 0 aromatic heterocycles. The van der Waals surface area contributed by atoms with Crippen molar-refractivity contribution in [2.24, 2.45) is 0 Å². The van der Waals surface area contributed by atoms with E-state index in [0.717, 1.165) is 11.3 Å². The monoisotopic (exact) mass is 304 g/mol. The van der Waals surface area contributed by atoms with Gasteiger partial charge in [-0.1, -0.05) is 29.8 Å². The van der Waals surface area contributed by atoms with Crippen LogP contribution in [0.1, 0.15) is 15.9 Å². The maximum absolute atomic E-state index is 12.4. The van der Waals surface area contributed by atoms with E-state index in [-0.39, 0.29) is 5.91 Å². The highest BCUT2D eigenvalue weighted by molar-refractivity contribution is 6.31. The second kappa shape index (κ2) is 7.11. The Morgan fingerprint density at radius 1 is 1.24 bits per heavy atom. The van der Waals surface area contributed by atoms with Crippen LogP contribution in [0.25, 0.3) is 0 Å². The molecular weight excluding hydrogens is 288 g/mol. The largest absolute Gasteiger partial charge is 0.496 e. The number of para-hydroxylation sites is 1. The lowest BCUT2D eigenvalue weighted by molar-refractivity contribution is 0.102. The summed E-state index contributed by atoms with van der Waals surface area (Å²) in [6.07, 6.45) is 0. The Morgan fingerprint density at radius 3 is 2.71 bits per heavy atom. The molecule has 5 heteroatoms. The molecule has 2 aromatic carbocycles. The molecule has 4 nitrogen and oxygen atoms in total. The molecule has 0 unspecified atom stereocenters. The van der Waals surface area contributed by atoms with Gasteiger partial charge in [-0.15, -0.1) is 0 Å². The van der Waals surface area contributed by atoms with Crippen LogP contribution in [0.4, 0.5) is 5.69 Å². The van der Waals surface area contributed by atoms with E-state index in [4.69, 9.17) is 16.3 Å². The van der Waals surface area contributed by atoms with E-state index in [2.05, 4.69) is 10.6 Å². The van der Waals surface area contributed by atoms with Crippen LogP contribution < -0.4 is 15.4 Å². The summed E-state index contributed by atoms with van der Waals surface area (Å²) in [5.74, 6) is 0.221. The normalized spacial score (nSPS) is 10.2. The van der Waals surface area contributed by atoms with Crippen molar-refractivity contribution in [1.29, 1.82) is 0 Å². The molecule has 0 aliphatic rings. The summed E-state index contributed by atoms with van der Waals surface area (Å²) >= 11 is 5.91. The lowest BCUT2D eigenvalue weighted by atomic mass is 10.1. The molecule has 0 saturated carbocycles. The van der Waals surface area contributed by atoms with Crippen LogP contribution in [0, 0.1) is 0 Å². The molecule has 0 aliphatic carbocycles. The number of carbonyl (C=O) groups is 1. The van der Waals surface area contributed by atoms with Gasteiger partial charge in [-0.25, -0.2) is 0 Å². The molecular formula is C16H17ClN2O2. The van der Waals surface area contributed by atoms with Crippen molar-refractivity contribution >= 4 is 23.2 Å². The van der Waals surface area contributed by atoms with Crippen molar-refractivity contribution in [2.45, 2.75) is 6.54 Å². The predicted octanol–water partition coefficient (Wildman–Crippen LogP) is 3.32. The number of carbonyl (C=O) groups excluding carboxylic acids is 1. The van der Waals surface area contributed by atoms with E-state index in [0.29, 0.717) is 22.9 Å². The van der Waals surface area contributed by atoms with Gasteiger partial charge < -0.3 is 15.4 Å². The lowest BCUT2D eigenvalue weighted by Gasteiger charge is -2.12. The number of ether oxygens (including phenoxy) is 1. The highest BCUT2D eigenvalue weighted by atomic mass is 35.5. The van der Waals surface area contributed by atoms with Gasteiger partial charge in [0.15, 0.2) is 0 Å². The van der Waals surface area contributed by atoms with Gasteiger partial charge in [0, 0.05) is 17.3 Å². The molecule has 0 saturated heterocycles. The third kappa shape index (κ3) is 3.74. The average Bonchev–Trinajstić information content (AvgIpc) is 2.49. The topological polar surface area (TPSA) is 50.4 Å². The molecule has 0 spiro atoms. The van der Waals surface area contributed by atoms with Crippen LogP contribution in [0.5, 0.6) is 5.75 Å². The van der Waals surface area contributed by atoms with Crippen LogP contribution in [0.15, 0.2) is 42.5 Å². The Balaban J connectivity index is 2.26. The number of hydrogen-bond acceptors (Lipinski definition) is 3. The van der Waals surface area contributed by atoms with E-state index in [1.165, 1.54) is 7.11 Å². The van der Waals surface area contributed by atoms with Gasteiger partial charge in [0.05, 0.1) is 12.7 Å². The molecule has 2 aromatic rings. The number of methoxy groups -OCH3 is 1. The third-order valence-corrected chi connectivity index (χ3v) is 3.28. The summed E-state index contributed by atoms with van der Waals surface area (Å²) < 4.78 is 5.21. The molecule has 1 amide bonds. The Hall–Kier alpha value is -2.04. The lowest BCUT2D eigenvalue weighted by Crippen LogP contribution is -2.16. The van der Waals surface area contributed by atoms with Crippen LogP contribution in [0.2, 0.25) is 5.02 Å². The average molecular weight is 305 g/mol. The summed E-state index contributed by atoms with van der Waals surface area (Å²) in [4.78, 5) is 12.4. The molecule has 0 heterocycles. The Kier molecular flexibility index (Phi) is 5.20. The SMILES string of the molecule is CNCc1ccccc1NC(=O)c1ccc(Cl)cc1OC. The van der Waals surface area contributed by atoms with Gasteiger partial charge in [0.1, 0.15) is 5.75 Å². The summed E-state index contributed by atoms with van der Waals surface area (Å²) in [7, 11) is 3.37. The molecule has 0 aliphatic heterocycles. The Labute approximate surface area is 129 Å². The number of anilines is 1. The summed E-state index contributed by atoms with van der Waals surface area (Å²) in [5.41, 5.74) is 2.23. The number of benzene rings is 2. The molecule has 110 valence electrons. The minimum absolute atomic E-state index is 0.230. The van der Waals surface area contributed by atoms with Gasteiger partial charge in [0.25, 0.3) is 5.91 Å². The fourth-order valence-electron chi connectivity index (χ4n) is 2.03. The summed E-state index contributed by atoms with van der Waals surface area (Å²) in [6, 6.07) is 12.6. The minimum atomic E-state index is -0.230. The van der Waals surface area contributed by atoms with Crippen molar-refractivity contribution in [1.82, 2.24) is 5.32 Å². The van der Waals surface area contributed by atoms with Crippen molar-refractivity contribution < 1.29 is 9.53 Å². The molecule has 0 bridgehead atoms. The quantitative estimate of drug-likeness (QED) is 0.891. The van der Waals surface area contributed by atoms with Crippen molar-refractivity contribution in [3.05, 3.63) is 58.6 Å². The van der Waals surface area contributed by atoms with Crippen LogP contribution in [-0.4, -0.2) is 20.1 Å². The number of hydrogen-bond donors (Lipinski definition) is 2. The van der Waals surface area contributed by atoms with Crippen molar-refractivity contribution in [2.75, 3.05) is 19.5 Å². The first-order chi connectivity index (χ1) is 10.2. The van der Waals surface area contributed by atoms with Gasteiger partial charge in [-0.05, 0) is 36.9 Å². The minimum Gasteiger partial charge on any atom is -0.496 e. The van der Waals surface area contributed by atoms with Crippen LogP contribution in [0.3, 0.4) is 0 Å². The maximum Gasteiger partial charge on any atom is 0.259 e. The van der Waals surface area contributed by atoms with E-state index in [9.17, 15) is 4.79 Å². The van der Waals surface area contributed by atoms with Gasteiger partial charge in [-0.2, -0.15) is 0 Å². The maximum atomic E-state index is 12.4. The number of halogens is 1. The standard InChI is InChI=1S/C16H17ClN2O2/c1-18-10-11-5-3-4-6-14(11)19-16(20)13-8-7-12(17)9-15(13)21-2/h3-9,18H,10H2,1-2H3,(H,19,20). The number of nitrogens with one attached hydrogen (secondary N) is 2. The zero-order chi connectivity index (χ0) is 15.2. The second-order valence-corrected chi connectivity index (χ2v) is 4.92. The van der Waals surface area contributed by atoms with E-state index >= 15 is 0 Å². The fraction of sp³-hybridized carbons (Fsp3) is 0.188. The summed E-state index contributed by atoms with van der Waals surface area (Å²) in [6.45, 7) is 0.675. The Bertz CT molecular complexity index is 644. The third-order valence-electron chi connectivity index (χ3n) is 3.04. The van der Waals surface area contributed by atoms with Crippen molar-refractivity contribution in [3.63, 3.8) is 0 Å². The first kappa shape index (κ1) is 15.4. The van der Waals surface area contributed by atoms with Crippen molar-refractivity contribution in [3.8, 4) is 5.75 Å². The molecule has 21 heavy (non-hydrogen) atoms. The Morgan fingerprint density at radius 2 is 2.00 bits per heavy atom. The molecule has 0 radical (unpaired) electrons. The highest BCUT2D eigenvalue weighted by Crippen LogP contribution is 2.24. The van der Waals surface area contributed by atoms with Gasteiger partial charge >= 0.3 is 0 Å². The fourth-order valence-corrected chi connectivity index (χ4v) is 2.19. The second-order valence-electron chi connectivity index (χ2n) is 4.49. The van der Waals surface area contributed by atoms with Gasteiger partial charge in [0.2, 0.25) is 0 Å². The first-order valence-corrected chi connectivity index (χ1v) is 6.91. The van der Waals surface area contributed by atoms with E-state index in [1.54, 1.807) is 18.2 Å². The highest BCUT2D eigenvalue weighted by Gasteiger charge is 2.14. The molecule has 2 N–H and O–H groups in total. The van der Waals surface area contributed by atoms with E-state index in [1.807, 2.05) is 31.3 Å². The summed E-state index contributed by atoms with van der Waals surface area (Å²) in [5, 5.41) is 6.50. The molecule has 0 fully saturated rings. The first-order valence-electron chi connectivity index (χ1n) is 6.53. The molecule has 2 rings (SSSR count). The predicted molar refractivity (Wildman–Crippen MR) is 85.2 cm³/mol. The van der Waals surface area contributed by atoms with Crippen LogP contribution >= 0.6 is 11.6 Å². The van der Waals surface area contributed by atoms with Gasteiger partial charge in [-0.3, -0.25) is 4.79 Å². The molecule has 0 atom stereocenters. The smallest absolute Gasteiger partial charge is 0.259 e.